The molecule has 0 heterocycles. The largest absolute Gasteiger partial charge is 0.479 e. The maximum Gasteiger partial charge on any atom is 0.334 e. The molecule has 0 unspecified atom stereocenters. The highest BCUT2D eigenvalue weighted by atomic mass is 35.5. The van der Waals surface area contributed by atoms with Gasteiger partial charge in [-0.2, -0.15) is 0 Å². The minimum Gasteiger partial charge on any atom is -0.479 e. The molecule has 0 aliphatic carbocycles. The van der Waals surface area contributed by atoms with Crippen LogP contribution in [0.15, 0.2) is 24.3 Å². The van der Waals surface area contributed by atoms with E-state index in [0.29, 0.717) is 10.6 Å². The van der Waals surface area contributed by atoms with Gasteiger partial charge in [0.15, 0.2) is 6.10 Å². The molecule has 0 aliphatic heterocycles. The fourth-order valence-corrected chi connectivity index (χ4v) is 1.20. The zero-order chi connectivity index (χ0) is 12.1. The molecule has 6 heteroatoms. The quantitative estimate of drug-likeness (QED) is 0.719. The highest BCUT2D eigenvalue weighted by Gasteiger charge is 2.14. The van der Waals surface area contributed by atoms with Gasteiger partial charge in [0.1, 0.15) is 0 Å². The number of aliphatic carboxylic acids is 1. The highest BCUT2D eigenvalue weighted by molar-refractivity contribution is 6.30. The Labute approximate surface area is 96.7 Å². The van der Waals surface area contributed by atoms with Gasteiger partial charge in [-0.05, 0) is 18.2 Å². The number of aliphatic hydroxyl groups excluding tert-OH is 1. The first-order chi connectivity index (χ1) is 7.50. The second-order valence-electron chi connectivity index (χ2n) is 3.07. The number of carbonyl (C=O) groups excluding carboxylic acids is 1. The second-order valence-corrected chi connectivity index (χ2v) is 3.51. The highest BCUT2D eigenvalue weighted by Crippen LogP contribution is 2.10. The van der Waals surface area contributed by atoms with Gasteiger partial charge in [0, 0.05) is 10.6 Å². The van der Waals surface area contributed by atoms with E-state index < -0.39 is 18.0 Å². The van der Waals surface area contributed by atoms with Crippen molar-refractivity contribution in [3.8, 4) is 0 Å². The molecule has 0 aromatic heterocycles. The zero-order valence-electron chi connectivity index (χ0n) is 8.18. The van der Waals surface area contributed by atoms with Crippen molar-refractivity contribution in [1.29, 1.82) is 0 Å². The summed E-state index contributed by atoms with van der Waals surface area (Å²) in [6.07, 6.45) is -1.61. The fourth-order valence-electron chi connectivity index (χ4n) is 1.01. The third kappa shape index (κ3) is 3.52. The summed E-state index contributed by atoms with van der Waals surface area (Å²) in [6.45, 7) is -0.347. The van der Waals surface area contributed by atoms with E-state index in [4.69, 9.17) is 21.8 Å². The van der Waals surface area contributed by atoms with Crippen molar-refractivity contribution in [3.63, 3.8) is 0 Å². The van der Waals surface area contributed by atoms with Crippen LogP contribution < -0.4 is 5.32 Å². The first-order valence-electron chi connectivity index (χ1n) is 4.45. The van der Waals surface area contributed by atoms with Gasteiger partial charge in [0.25, 0.3) is 5.91 Å². The van der Waals surface area contributed by atoms with Gasteiger partial charge in [0.2, 0.25) is 0 Å². The second kappa shape index (κ2) is 5.48. The normalized spacial score (nSPS) is 11.9. The van der Waals surface area contributed by atoms with Crippen molar-refractivity contribution in [3.05, 3.63) is 34.9 Å². The van der Waals surface area contributed by atoms with Gasteiger partial charge >= 0.3 is 5.97 Å². The fraction of sp³-hybridized carbons (Fsp3) is 0.200. The van der Waals surface area contributed by atoms with Crippen molar-refractivity contribution < 1.29 is 19.8 Å². The topological polar surface area (TPSA) is 86.6 Å². The zero-order valence-corrected chi connectivity index (χ0v) is 8.94. The third-order valence-corrected chi connectivity index (χ3v) is 2.06. The number of nitrogens with one attached hydrogen (secondary N) is 1. The van der Waals surface area contributed by atoms with Crippen LogP contribution in [0.1, 0.15) is 10.4 Å². The van der Waals surface area contributed by atoms with Crippen LogP contribution in [0.2, 0.25) is 5.02 Å². The summed E-state index contributed by atoms with van der Waals surface area (Å²) in [6, 6.07) is 6.20. The number of amides is 1. The Morgan fingerprint density at radius 1 is 1.44 bits per heavy atom. The van der Waals surface area contributed by atoms with Gasteiger partial charge in [-0.15, -0.1) is 0 Å². The summed E-state index contributed by atoms with van der Waals surface area (Å²) < 4.78 is 0. The molecule has 86 valence electrons. The molecule has 3 N–H and O–H groups in total. The number of rotatable bonds is 4. The lowest BCUT2D eigenvalue weighted by molar-refractivity contribution is -0.146. The van der Waals surface area contributed by atoms with Gasteiger partial charge in [-0.3, -0.25) is 4.79 Å². The maximum atomic E-state index is 11.5. The summed E-state index contributed by atoms with van der Waals surface area (Å²) in [5, 5.41) is 20.0. The molecule has 0 bridgehead atoms. The van der Waals surface area contributed by atoms with Crippen LogP contribution in [0.3, 0.4) is 0 Å². The van der Waals surface area contributed by atoms with Crippen LogP contribution in [0.4, 0.5) is 0 Å². The van der Waals surface area contributed by atoms with Gasteiger partial charge in [-0.25, -0.2) is 4.79 Å². The monoisotopic (exact) mass is 243 g/mol. The van der Waals surface area contributed by atoms with E-state index in [1.807, 2.05) is 0 Å². The molecule has 1 aromatic rings. The van der Waals surface area contributed by atoms with Gasteiger partial charge in [0.05, 0.1) is 6.54 Å². The van der Waals surface area contributed by atoms with Crippen molar-refractivity contribution in [2.45, 2.75) is 6.10 Å². The molecule has 0 spiro atoms. The van der Waals surface area contributed by atoms with Crippen LogP contribution in [-0.2, 0) is 4.79 Å². The Hall–Kier alpha value is -1.59. The average molecular weight is 244 g/mol. The van der Waals surface area contributed by atoms with E-state index in [2.05, 4.69) is 5.32 Å². The lowest BCUT2D eigenvalue weighted by Crippen LogP contribution is -2.36. The predicted octanol–water partition coefficient (Wildman–Crippen LogP) is 0.515. The number of benzene rings is 1. The Kier molecular flexibility index (Phi) is 4.28. The molecule has 0 saturated carbocycles. The Morgan fingerprint density at radius 2 is 2.12 bits per heavy atom. The predicted molar refractivity (Wildman–Crippen MR) is 57.4 cm³/mol. The molecule has 1 rings (SSSR count). The van der Waals surface area contributed by atoms with Crippen LogP contribution in [0.25, 0.3) is 0 Å². The van der Waals surface area contributed by atoms with Gasteiger partial charge < -0.3 is 15.5 Å². The van der Waals surface area contributed by atoms with Crippen molar-refractivity contribution in [2.24, 2.45) is 0 Å². The summed E-state index contributed by atoms with van der Waals surface area (Å²) in [5.41, 5.74) is 0.310. The van der Waals surface area contributed by atoms with E-state index in [1.165, 1.54) is 12.1 Å². The molecule has 0 saturated heterocycles. The summed E-state index contributed by atoms with van der Waals surface area (Å²) in [7, 11) is 0. The van der Waals surface area contributed by atoms with E-state index >= 15 is 0 Å². The molecule has 5 nitrogen and oxygen atoms in total. The number of carboxylic acid groups (broad SMARTS) is 1. The smallest absolute Gasteiger partial charge is 0.334 e. The van der Waals surface area contributed by atoms with Crippen LogP contribution in [0.5, 0.6) is 0 Å². The van der Waals surface area contributed by atoms with Gasteiger partial charge in [-0.1, -0.05) is 17.7 Å². The molecule has 1 aromatic carbocycles. The molecule has 1 amide bonds. The first kappa shape index (κ1) is 12.5. The van der Waals surface area contributed by atoms with Crippen molar-refractivity contribution >= 4 is 23.5 Å². The average Bonchev–Trinajstić information content (AvgIpc) is 2.25. The summed E-state index contributed by atoms with van der Waals surface area (Å²) in [5.74, 6) is -1.87. The molecule has 1 atom stereocenters. The van der Waals surface area contributed by atoms with Crippen LogP contribution >= 0.6 is 11.6 Å². The summed E-state index contributed by atoms with van der Waals surface area (Å²) >= 11 is 5.68. The first-order valence-corrected chi connectivity index (χ1v) is 4.83. The number of aliphatic hydroxyl groups is 1. The number of halogens is 1. The molecule has 16 heavy (non-hydrogen) atoms. The molecular formula is C10H10ClNO4. The lowest BCUT2D eigenvalue weighted by Gasteiger charge is -2.07. The Bertz CT molecular complexity index is 408. The van der Waals surface area contributed by atoms with Crippen molar-refractivity contribution in [2.75, 3.05) is 6.54 Å². The standard InChI is InChI=1S/C10H10ClNO4/c11-7-3-1-2-6(4-7)9(14)12-5-8(13)10(15)16/h1-4,8,13H,5H2,(H,12,14)(H,15,16)/t8-/m0/s1. The lowest BCUT2D eigenvalue weighted by atomic mass is 10.2. The molecule has 0 radical (unpaired) electrons. The summed E-state index contributed by atoms with van der Waals surface area (Å²) in [4.78, 5) is 21.7. The Morgan fingerprint density at radius 3 is 2.69 bits per heavy atom. The minimum absolute atomic E-state index is 0.310. The SMILES string of the molecule is O=C(NC[C@H](O)C(=O)O)c1cccc(Cl)c1. The molecule has 0 aliphatic rings. The maximum absolute atomic E-state index is 11.5. The van der Waals surface area contributed by atoms with Crippen LogP contribution in [-0.4, -0.2) is 34.7 Å². The number of hydrogen-bond donors (Lipinski definition) is 3. The minimum atomic E-state index is -1.61. The van der Waals surface area contributed by atoms with Crippen LogP contribution in [0, 0.1) is 0 Å². The van der Waals surface area contributed by atoms with Crippen molar-refractivity contribution in [1.82, 2.24) is 5.32 Å². The third-order valence-electron chi connectivity index (χ3n) is 1.83. The number of carboxylic acids is 1. The van der Waals surface area contributed by atoms with E-state index in [-0.39, 0.29) is 6.54 Å². The van der Waals surface area contributed by atoms with E-state index in [9.17, 15) is 9.59 Å². The molecular weight excluding hydrogens is 234 g/mol. The van der Waals surface area contributed by atoms with E-state index in [1.54, 1.807) is 12.1 Å². The number of hydrogen-bond acceptors (Lipinski definition) is 3. The van der Waals surface area contributed by atoms with E-state index in [0.717, 1.165) is 0 Å². The Balaban J connectivity index is 2.56. The molecule has 0 fully saturated rings. The number of carbonyl (C=O) groups is 2.